The van der Waals surface area contributed by atoms with Crippen LogP contribution >= 0.6 is 0 Å². The molecule has 0 spiro atoms. The summed E-state index contributed by atoms with van der Waals surface area (Å²) in [5, 5.41) is 1.08. The molecule has 0 radical (unpaired) electrons. The van der Waals surface area contributed by atoms with Gasteiger partial charge in [-0.3, -0.25) is 9.20 Å². The number of carbonyl (C=O) groups excluding carboxylic acids is 1. The van der Waals surface area contributed by atoms with Gasteiger partial charge in [0.25, 0.3) is 0 Å². The number of anilines is 1. The molecule has 0 amide bonds. The molecule has 4 rings (SSSR count). The number of carbonyl (C=O) groups is 1. The van der Waals surface area contributed by atoms with Crippen molar-refractivity contribution in [3.8, 4) is 11.1 Å². The zero-order valence-corrected chi connectivity index (χ0v) is 11.9. The van der Waals surface area contributed by atoms with Gasteiger partial charge in [-0.25, -0.2) is 9.97 Å². The number of rotatable bonds is 2. The van der Waals surface area contributed by atoms with E-state index in [4.69, 9.17) is 5.73 Å². The minimum atomic E-state index is 0.239. The van der Waals surface area contributed by atoms with E-state index in [9.17, 15) is 4.79 Å². The molecule has 108 valence electrons. The summed E-state index contributed by atoms with van der Waals surface area (Å²) < 4.78 is 1.71. The van der Waals surface area contributed by atoms with Crippen LogP contribution in [0.2, 0.25) is 0 Å². The summed E-state index contributed by atoms with van der Waals surface area (Å²) >= 11 is 0. The molecule has 0 unspecified atom stereocenters. The number of nitrogens with zero attached hydrogens (tertiary/aromatic N) is 3. The van der Waals surface area contributed by atoms with Gasteiger partial charge in [-0.2, -0.15) is 0 Å². The third-order valence-electron chi connectivity index (χ3n) is 3.96. The van der Waals surface area contributed by atoms with Crippen molar-refractivity contribution in [3.63, 3.8) is 0 Å². The Balaban J connectivity index is 1.99. The van der Waals surface area contributed by atoms with Gasteiger partial charge in [0.1, 0.15) is 17.0 Å². The van der Waals surface area contributed by atoms with Gasteiger partial charge in [-0.1, -0.05) is 0 Å². The van der Waals surface area contributed by atoms with Crippen molar-refractivity contribution in [3.05, 3.63) is 48.0 Å². The van der Waals surface area contributed by atoms with Crippen molar-refractivity contribution in [2.75, 3.05) is 5.73 Å². The fourth-order valence-electron chi connectivity index (χ4n) is 2.79. The fourth-order valence-corrected chi connectivity index (χ4v) is 2.79. The molecule has 0 fully saturated rings. The Labute approximate surface area is 125 Å². The van der Waals surface area contributed by atoms with Gasteiger partial charge in [-0.15, -0.1) is 0 Å². The molecule has 4 aromatic heterocycles. The first-order chi connectivity index (χ1) is 10.7. The van der Waals surface area contributed by atoms with Crippen LogP contribution in [0.3, 0.4) is 0 Å². The molecule has 0 aliphatic carbocycles. The van der Waals surface area contributed by atoms with Crippen LogP contribution in [0.4, 0.5) is 5.82 Å². The van der Waals surface area contributed by atoms with Crippen LogP contribution in [-0.2, 0) is 0 Å². The molecule has 0 saturated heterocycles. The summed E-state index contributed by atoms with van der Waals surface area (Å²) in [6.07, 6.45) is 6.29. The SMILES string of the molecule is Cc1c(-c2ccc3nc(N)c(C=O)n3c2)cnc2[nH]ccc12. The first-order valence-electron chi connectivity index (χ1n) is 6.85. The minimum Gasteiger partial charge on any atom is -0.382 e. The average molecular weight is 291 g/mol. The van der Waals surface area contributed by atoms with Crippen molar-refractivity contribution in [2.24, 2.45) is 0 Å². The number of hydrogen-bond acceptors (Lipinski definition) is 4. The highest BCUT2D eigenvalue weighted by molar-refractivity contribution is 5.87. The van der Waals surface area contributed by atoms with Crippen LogP contribution < -0.4 is 5.73 Å². The summed E-state index contributed by atoms with van der Waals surface area (Å²) in [7, 11) is 0. The molecule has 3 N–H and O–H groups in total. The van der Waals surface area contributed by atoms with E-state index in [0.29, 0.717) is 11.3 Å². The Bertz CT molecular complexity index is 1030. The number of H-pyrrole nitrogens is 1. The second-order valence-electron chi connectivity index (χ2n) is 5.18. The number of nitrogen functional groups attached to an aromatic ring is 1. The molecule has 0 aliphatic rings. The standard InChI is InChI=1S/C16H13N5O/c1-9-11-4-5-18-16(11)19-6-12(9)10-2-3-14-20-15(17)13(8-22)21(14)7-10/h2-8H,17H2,1H3,(H,18,19). The molecule has 6 nitrogen and oxygen atoms in total. The Morgan fingerprint density at radius 2 is 2.18 bits per heavy atom. The number of hydrogen-bond donors (Lipinski definition) is 2. The summed E-state index contributed by atoms with van der Waals surface area (Å²) in [5.41, 5.74) is 10.7. The van der Waals surface area contributed by atoms with Gasteiger partial charge in [0.05, 0.1) is 0 Å². The second kappa shape index (κ2) is 4.42. The molecular weight excluding hydrogens is 278 g/mol. The largest absolute Gasteiger partial charge is 0.382 e. The maximum absolute atomic E-state index is 11.2. The number of aryl methyl sites for hydroxylation is 1. The van der Waals surface area contributed by atoms with E-state index in [2.05, 4.69) is 21.9 Å². The first kappa shape index (κ1) is 12.6. The second-order valence-corrected chi connectivity index (χ2v) is 5.18. The topological polar surface area (TPSA) is 89.1 Å². The Kier molecular flexibility index (Phi) is 2.53. The number of nitrogens with one attached hydrogen (secondary N) is 1. The molecule has 4 aromatic rings. The van der Waals surface area contributed by atoms with E-state index in [1.165, 1.54) is 0 Å². The van der Waals surface area contributed by atoms with Crippen LogP contribution in [-0.4, -0.2) is 25.6 Å². The zero-order valence-electron chi connectivity index (χ0n) is 11.9. The Morgan fingerprint density at radius 1 is 1.32 bits per heavy atom. The quantitative estimate of drug-likeness (QED) is 0.555. The highest BCUT2D eigenvalue weighted by atomic mass is 16.1. The zero-order chi connectivity index (χ0) is 15.3. The number of aldehydes is 1. The number of pyridine rings is 2. The molecular formula is C16H13N5O. The fraction of sp³-hybridized carbons (Fsp3) is 0.0625. The monoisotopic (exact) mass is 291 g/mol. The lowest BCUT2D eigenvalue weighted by atomic mass is 10.0. The third-order valence-corrected chi connectivity index (χ3v) is 3.96. The van der Waals surface area contributed by atoms with Crippen LogP contribution in [0.25, 0.3) is 27.8 Å². The van der Waals surface area contributed by atoms with Gasteiger partial charge in [0, 0.05) is 35.1 Å². The van der Waals surface area contributed by atoms with E-state index >= 15 is 0 Å². The van der Waals surface area contributed by atoms with E-state index in [1.54, 1.807) is 4.40 Å². The predicted molar refractivity (Wildman–Crippen MR) is 84.8 cm³/mol. The van der Waals surface area contributed by atoms with E-state index in [-0.39, 0.29) is 5.82 Å². The van der Waals surface area contributed by atoms with Gasteiger partial charge in [-0.05, 0) is 30.7 Å². The van der Waals surface area contributed by atoms with Crippen molar-refractivity contribution in [1.29, 1.82) is 0 Å². The highest BCUT2D eigenvalue weighted by Gasteiger charge is 2.12. The lowest BCUT2D eigenvalue weighted by Crippen LogP contribution is -1.96. The normalized spacial score (nSPS) is 11.3. The van der Waals surface area contributed by atoms with Gasteiger partial charge in [0.15, 0.2) is 12.1 Å². The molecule has 0 aliphatic heterocycles. The number of imidazole rings is 1. The van der Waals surface area contributed by atoms with Gasteiger partial charge >= 0.3 is 0 Å². The molecule has 6 heteroatoms. The van der Waals surface area contributed by atoms with Crippen molar-refractivity contribution in [2.45, 2.75) is 6.92 Å². The van der Waals surface area contributed by atoms with Crippen LogP contribution in [0.5, 0.6) is 0 Å². The van der Waals surface area contributed by atoms with Crippen LogP contribution in [0, 0.1) is 6.92 Å². The summed E-state index contributed by atoms with van der Waals surface area (Å²) in [6.45, 7) is 2.06. The molecule has 4 heterocycles. The van der Waals surface area contributed by atoms with E-state index in [1.807, 2.05) is 36.8 Å². The maximum atomic E-state index is 11.2. The lowest BCUT2D eigenvalue weighted by Gasteiger charge is -2.08. The van der Waals surface area contributed by atoms with E-state index in [0.717, 1.165) is 34.0 Å². The summed E-state index contributed by atoms with van der Waals surface area (Å²) in [5.74, 6) is 0.239. The first-order valence-corrected chi connectivity index (χ1v) is 6.85. The van der Waals surface area contributed by atoms with E-state index < -0.39 is 0 Å². The smallest absolute Gasteiger partial charge is 0.170 e. The number of aromatic nitrogens is 4. The van der Waals surface area contributed by atoms with Crippen molar-refractivity contribution in [1.82, 2.24) is 19.4 Å². The molecule has 0 bridgehead atoms. The van der Waals surface area contributed by atoms with Crippen molar-refractivity contribution < 1.29 is 4.79 Å². The lowest BCUT2D eigenvalue weighted by molar-refractivity contribution is 0.111. The van der Waals surface area contributed by atoms with Crippen molar-refractivity contribution >= 4 is 28.8 Å². The summed E-state index contributed by atoms with van der Waals surface area (Å²) in [6, 6.07) is 5.81. The summed E-state index contributed by atoms with van der Waals surface area (Å²) in [4.78, 5) is 22.9. The van der Waals surface area contributed by atoms with Crippen LogP contribution in [0.15, 0.2) is 36.8 Å². The molecule has 22 heavy (non-hydrogen) atoms. The number of fused-ring (bicyclic) bond motifs is 2. The predicted octanol–water partition coefficient (Wildman–Crippen LogP) is 2.58. The van der Waals surface area contributed by atoms with Gasteiger partial charge < -0.3 is 10.7 Å². The number of nitrogens with two attached hydrogens (primary N) is 1. The molecule has 0 saturated carbocycles. The van der Waals surface area contributed by atoms with Crippen LogP contribution in [0.1, 0.15) is 16.1 Å². The average Bonchev–Trinajstić information content (AvgIpc) is 3.10. The van der Waals surface area contributed by atoms with Gasteiger partial charge in [0.2, 0.25) is 0 Å². The Morgan fingerprint density at radius 3 is 3.00 bits per heavy atom. The Hall–Kier alpha value is -3.15. The maximum Gasteiger partial charge on any atom is 0.170 e. The number of aromatic amines is 1. The molecule has 0 atom stereocenters. The highest BCUT2D eigenvalue weighted by Crippen LogP contribution is 2.28. The minimum absolute atomic E-state index is 0.239. The third kappa shape index (κ3) is 1.64. The molecule has 0 aromatic carbocycles.